The highest BCUT2D eigenvalue weighted by Crippen LogP contribution is 2.16. The molecule has 0 bridgehead atoms. The second-order valence-electron chi connectivity index (χ2n) is 16.9. The van der Waals surface area contributed by atoms with Crippen molar-refractivity contribution in [3.63, 3.8) is 0 Å². The summed E-state index contributed by atoms with van der Waals surface area (Å²) in [5, 5.41) is 0. The Bertz CT molecular complexity index is 1280. The summed E-state index contributed by atoms with van der Waals surface area (Å²) in [6.45, 7) is 6.28. The standard InChI is InChI=1S/C57H94O6/c1-4-7-10-13-16-19-22-25-26-27-28-29-30-33-35-38-41-44-47-50-56(59)62-53-54(63-57(60)51-48-45-42-39-36-32-24-21-18-15-12-9-6-3)52-61-55(58)49-46-43-40-37-34-31-23-20-17-14-11-8-5-2/h8-9,11-12,14-15,17-18,20-21,23-24,32,36,39,42,54H,4-7,10,13,16,19,22,25-31,33-35,37-38,40-41,43-53H2,1-3H3/b11-8+,12-9+,17-14+,18-15+,23-20+,24-21+,36-32+,42-39+. The summed E-state index contributed by atoms with van der Waals surface area (Å²) in [4.78, 5) is 37.9. The van der Waals surface area contributed by atoms with Gasteiger partial charge in [-0.15, -0.1) is 0 Å². The van der Waals surface area contributed by atoms with Crippen molar-refractivity contribution in [3.8, 4) is 0 Å². The lowest BCUT2D eigenvalue weighted by Gasteiger charge is -2.18. The van der Waals surface area contributed by atoms with Crippen molar-refractivity contribution in [2.45, 2.75) is 232 Å². The van der Waals surface area contributed by atoms with Gasteiger partial charge in [0.15, 0.2) is 6.10 Å². The van der Waals surface area contributed by atoms with Gasteiger partial charge in [0, 0.05) is 19.3 Å². The molecule has 0 spiro atoms. The molecule has 0 amide bonds. The van der Waals surface area contributed by atoms with E-state index in [0.717, 1.165) is 77.0 Å². The number of rotatable bonds is 45. The molecule has 0 fully saturated rings. The molecule has 0 aliphatic carbocycles. The zero-order valence-electron chi connectivity index (χ0n) is 40.8. The Morgan fingerprint density at radius 1 is 0.333 bits per heavy atom. The van der Waals surface area contributed by atoms with Crippen LogP contribution in [-0.2, 0) is 28.6 Å². The Morgan fingerprint density at radius 2 is 0.635 bits per heavy atom. The zero-order chi connectivity index (χ0) is 45.8. The Hall–Kier alpha value is -3.67. The maximum atomic E-state index is 12.7. The molecule has 63 heavy (non-hydrogen) atoms. The van der Waals surface area contributed by atoms with Crippen LogP contribution in [0.5, 0.6) is 0 Å². The minimum Gasteiger partial charge on any atom is -0.462 e. The number of esters is 3. The van der Waals surface area contributed by atoms with Crippen LogP contribution >= 0.6 is 0 Å². The van der Waals surface area contributed by atoms with E-state index in [-0.39, 0.29) is 37.5 Å². The molecule has 6 heteroatoms. The molecule has 0 saturated carbocycles. The highest BCUT2D eigenvalue weighted by Gasteiger charge is 2.19. The van der Waals surface area contributed by atoms with E-state index in [1.54, 1.807) is 0 Å². The van der Waals surface area contributed by atoms with E-state index in [1.807, 2.05) is 54.7 Å². The summed E-state index contributed by atoms with van der Waals surface area (Å²) in [5.41, 5.74) is 0. The fourth-order valence-electron chi connectivity index (χ4n) is 6.94. The average Bonchev–Trinajstić information content (AvgIpc) is 3.28. The van der Waals surface area contributed by atoms with E-state index >= 15 is 0 Å². The normalized spacial score (nSPS) is 12.9. The third-order valence-corrected chi connectivity index (χ3v) is 10.8. The lowest BCUT2D eigenvalue weighted by atomic mass is 10.0. The topological polar surface area (TPSA) is 78.9 Å². The van der Waals surface area contributed by atoms with E-state index in [2.05, 4.69) is 63.3 Å². The minimum atomic E-state index is -0.821. The van der Waals surface area contributed by atoms with Gasteiger partial charge in [0.1, 0.15) is 13.2 Å². The Balaban J connectivity index is 4.43. The van der Waals surface area contributed by atoms with E-state index < -0.39 is 6.10 Å². The van der Waals surface area contributed by atoms with Gasteiger partial charge >= 0.3 is 17.9 Å². The van der Waals surface area contributed by atoms with Crippen LogP contribution in [0, 0.1) is 0 Å². The highest BCUT2D eigenvalue weighted by molar-refractivity contribution is 5.71. The zero-order valence-corrected chi connectivity index (χ0v) is 40.8. The predicted molar refractivity (Wildman–Crippen MR) is 270 cm³/mol. The van der Waals surface area contributed by atoms with Crippen molar-refractivity contribution in [2.24, 2.45) is 0 Å². The molecule has 358 valence electrons. The van der Waals surface area contributed by atoms with Crippen LogP contribution in [0.25, 0.3) is 0 Å². The largest absolute Gasteiger partial charge is 0.462 e. The number of unbranched alkanes of at least 4 members (excludes halogenated alkanes) is 24. The van der Waals surface area contributed by atoms with Crippen LogP contribution in [-0.4, -0.2) is 37.2 Å². The lowest BCUT2D eigenvalue weighted by Crippen LogP contribution is -2.30. The minimum absolute atomic E-state index is 0.112. The number of carbonyl (C=O) groups excluding carboxylic acids is 3. The Kier molecular flexibility index (Phi) is 48.0. The average molecular weight is 875 g/mol. The number of ether oxygens (including phenoxy) is 3. The molecule has 6 nitrogen and oxygen atoms in total. The first kappa shape index (κ1) is 59.3. The number of hydrogen-bond acceptors (Lipinski definition) is 6. The van der Waals surface area contributed by atoms with Crippen molar-refractivity contribution in [1.82, 2.24) is 0 Å². The summed E-state index contributed by atoms with van der Waals surface area (Å²) < 4.78 is 16.7. The van der Waals surface area contributed by atoms with Crippen LogP contribution in [0.4, 0.5) is 0 Å². The first-order valence-electron chi connectivity index (χ1n) is 25.8. The van der Waals surface area contributed by atoms with Gasteiger partial charge < -0.3 is 14.2 Å². The molecule has 0 N–H and O–H groups in total. The third kappa shape index (κ3) is 49.2. The number of allylic oxidation sites excluding steroid dienone is 16. The maximum absolute atomic E-state index is 12.7. The van der Waals surface area contributed by atoms with Gasteiger partial charge in [-0.2, -0.15) is 0 Å². The van der Waals surface area contributed by atoms with Gasteiger partial charge in [-0.25, -0.2) is 0 Å². The van der Waals surface area contributed by atoms with Gasteiger partial charge in [0.05, 0.1) is 0 Å². The third-order valence-electron chi connectivity index (χ3n) is 10.8. The predicted octanol–water partition coefficient (Wildman–Crippen LogP) is 17.0. The van der Waals surface area contributed by atoms with E-state index in [9.17, 15) is 14.4 Å². The SMILES string of the molecule is CC/C=C/C=C/C=C/C=C/C=C/CCCC(=O)OC(COC(=O)CCCCCCC/C=C/C=C/C=C/CC)COC(=O)CCCCCCCCCCCCCCCCCCCCC. The van der Waals surface area contributed by atoms with E-state index in [4.69, 9.17) is 14.2 Å². The van der Waals surface area contributed by atoms with Crippen molar-refractivity contribution in [2.75, 3.05) is 13.2 Å². The van der Waals surface area contributed by atoms with Crippen molar-refractivity contribution in [3.05, 3.63) is 97.2 Å². The monoisotopic (exact) mass is 875 g/mol. The quantitative estimate of drug-likeness (QED) is 0.0262. The van der Waals surface area contributed by atoms with Crippen LogP contribution in [0.15, 0.2) is 97.2 Å². The van der Waals surface area contributed by atoms with Gasteiger partial charge in [0.25, 0.3) is 0 Å². The number of hydrogen-bond donors (Lipinski definition) is 0. The van der Waals surface area contributed by atoms with Gasteiger partial charge in [-0.05, 0) is 51.4 Å². The molecule has 1 atom stereocenters. The molecule has 0 aromatic carbocycles. The molecule has 0 rings (SSSR count). The molecular weight excluding hydrogens is 781 g/mol. The van der Waals surface area contributed by atoms with Crippen LogP contribution in [0.3, 0.4) is 0 Å². The molecule has 0 aliphatic rings. The van der Waals surface area contributed by atoms with Crippen LogP contribution in [0.2, 0.25) is 0 Å². The van der Waals surface area contributed by atoms with Crippen molar-refractivity contribution in [1.29, 1.82) is 0 Å². The lowest BCUT2D eigenvalue weighted by molar-refractivity contribution is -0.167. The molecule has 1 unspecified atom stereocenters. The summed E-state index contributed by atoms with van der Waals surface area (Å²) in [7, 11) is 0. The fourth-order valence-corrected chi connectivity index (χ4v) is 6.94. The fraction of sp³-hybridized carbons (Fsp3) is 0.667. The van der Waals surface area contributed by atoms with Crippen molar-refractivity contribution >= 4 is 17.9 Å². The summed E-state index contributed by atoms with van der Waals surface area (Å²) in [6, 6.07) is 0. The van der Waals surface area contributed by atoms with Gasteiger partial charge in [-0.3, -0.25) is 14.4 Å². The summed E-state index contributed by atoms with van der Waals surface area (Å²) in [6.07, 6.45) is 66.9. The van der Waals surface area contributed by atoms with Gasteiger partial charge in [-0.1, -0.05) is 253 Å². The molecule has 0 aromatic heterocycles. The second-order valence-corrected chi connectivity index (χ2v) is 16.9. The van der Waals surface area contributed by atoms with Crippen molar-refractivity contribution < 1.29 is 28.6 Å². The Labute approximate surface area is 387 Å². The summed E-state index contributed by atoms with van der Waals surface area (Å²) >= 11 is 0. The van der Waals surface area contributed by atoms with Crippen LogP contribution in [0.1, 0.15) is 226 Å². The molecule has 0 aromatic rings. The maximum Gasteiger partial charge on any atom is 0.306 e. The first-order valence-corrected chi connectivity index (χ1v) is 25.8. The van der Waals surface area contributed by atoms with Crippen LogP contribution < -0.4 is 0 Å². The molecule has 0 aliphatic heterocycles. The molecule has 0 heterocycles. The highest BCUT2D eigenvalue weighted by atomic mass is 16.6. The van der Waals surface area contributed by atoms with E-state index in [1.165, 1.54) is 103 Å². The first-order chi connectivity index (χ1) is 31.0. The summed E-state index contributed by atoms with van der Waals surface area (Å²) in [5.74, 6) is -1.01. The number of carbonyl (C=O) groups is 3. The van der Waals surface area contributed by atoms with Gasteiger partial charge in [0.2, 0.25) is 0 Å². The van der Waals surface area contributed by atoms with E-state index in [0.29, 0.717) is 19.3 Å². The Morgan fingerprint density at radius 3 is 1.02 bits per heavy atom. The second kappa shape index (κ2) is 51.0. The smallest absolute Gasteiger partial charge is 0.306 e. The molecule has 0 radical (unpaired) electrons. The molecular formula is C57H94O6. The molecule has 0 saturated heterocycles.